The summed E-state index contributed by atoms with van der Waals surface area (Å²) in [5, 5.41) is 5.15. The van der Waals surface area contributed by atoms with Crippen LogP contribution in [-0.2, 0) is 25.5 Å². The number of amides is 2. The molecule has 7 heteroatoms. The van der Waals surface area contributed by atoms with Crippen LogP contribution in [0, 0.1) is 5.82 Å². The monoisotopic (exact) mass is 364 g/mol. The molecule has 26 heavy (non-hydrogen) atoms. The molecule has 0 saturated carbocycles. The third-order valence-corrected chi connectivity index (χ3v) is 3.73. The first-order chi connectivity index (χ1) is 12.4. The maximum absolute atomic E-state index is 13.4. The van der Waals surface area contributed by atoms with Crippen LogP contribution in [0.1, 0.15) is 31.7 Å². The van der Waals surface area contributed by atoms with Gasteiger partial charge in [-0.3, -0.25) is 9.59 Å². The van der Waals surface area contributed by atoms with Crippen molar-refractivity contribution in [3.05, 3.63) is 48.3 Å². The second-order valence-corrected chi connectivity index (χ2v) is 5.89. The summed E-state index contributed by atoms with van der Waals surface area (Å²) in [6.07, 6.45) is 3.56. The molecule has 1 aromatic rings. The molecule has 0 aliphatic carbocycles. The maximum Gasteiger partial charge on any atom is 0.328 e. The lowest BCUT2D eigenvalue weighted by atomic mass is 10.0. The largest absolute Gasteiger partial charge is 0.467 e. The van der Waals surface area contributed by atoms with E-state index in [4.69, 9.17) is 4.74 Å². The van der Waals surface area contributed by atoms with Crippen LogP contribution in [0.15, 0.2) is 36.9 Å². The quantitative estimate of drug-likeness (QED) is 0.377. The van der Waals surface area contributed by atoms with Gasteiger partial charge in [-0.05, 0) is 37.0 Å². The van der Waals surface area contributed by atoms with Gasteiger partial charge in [0.1, 0.15) is 17.9 Å². The number of hydrogen-bond acceptors (Lipinski definition) is 4. The Bertz CT molecular complexity index is 648. The number of unbranched alkanes of at least 4 members (excludes halogenated alkanes) is 1. The zero-order chi connectivity index (χ0) is 19.5. The highest BCUT2D eigenvalue weighted by molar-refractivity contribution is 5.90. The Labute approximate surface area is 152 Å². The van der Waals surface area contributed by atoms with Crippen LogP contribution in [0.25, 0.3) is 0 Å². The molecule has 0 saturated heterocycles. The van der Waals surface area contributed by atoms with Gasteiger partial charge in [0.25, 0.3) is 0 Å². The fourth-order valence-electron chi connectivity index (χ4n) is 2.48. The van der Waals surface area contributed by atoms with E-state index in [1.165, 1.54) is 32.2 Å². The van der Waals surface area contributed by atoms with Gasteiger partial charge < -0.3 is 15.4 Å². The first-order valence-corrected chi connectivity index (χ1v) is 8.38. The van der Waals surface area contributed by atoms with Gasteiger partial charge >= 0.3 is 5.97 Å². The van der Waals surface area contributed by atoms with Crippen LogP contribution < -0.4 is 10.6 Å². The molecule has 142 valence electrons. The molecule has 2 atom stereocenters. The predicted octanol–water partition coefficient (Wildman–Crippen LogP) is 1.89. The van der Waals surface area contributed by atoms with E-state index in [2.05, 4.69) is 17.2 Å². The molecule has 0 aliphatic rings. The molecule has 2 N–H and O–H groups in total. The van der Waals surface area contributed by atoms with Crippen molar-refractivity contribution in [1.29, 1.82) is 0 Å². The molecule has 0 fully saturated rings. The zero-order valence-corrected chi connectivity index (χ0v) is 15.1. The molecule has 6 nitrogen and oxygen atoms in total. The van der Waals surface area contributed by atoms with Crippen LogP contribution in [0.5, 0.6) is 0 Å². The van der Waals surface area contributed by atoms with E-state index in [-0.39, 0.29) is 6.42 Å². The van der Waals surface area contributed by atoms with Gasteiger partial charge in [0.15, 0.2) is 0 Å². The lowest BCUT2D eigenvalue weighted by molar-refractivity contribution is -0.145. The number of carbonyl (C=O) groups excluding carboxylic acids is 3. The Morgan fingerprint density at radius 2 is 2.00 bits per heavy atom. The zero-order valence-electron chi connectivity index (χ0n) is 15.1. The van der Waals surface area contributed by atoms with Gasteiger partial charge in [-0.25, -0.2) is 9.18 Å². The van der Waals surface area contributed by atoms with Crippen molar-refractivity contribution in [2.75, 3.05) is 7.11 Å². The minimum Gasteiger partial charge on any atom is -0.467 e. The average molecular weight is 364 g/mol. The van der Waals surface area contributed by atoms with Gasteiger partial charge in [0.05, 0.1) is 7.11 Å². The van der Waals surface area contributed by atoms with Gasteiger partial charge in [0, 0.05) is 13.3 Å². The number of esters is 1. The van der Waals surface area contributed by atoms with E-state index in [9.17, 15) is 18.8 Å². The van der Waals surface area contributed by atoms with Gasteiger partial charge in [-0.15, -0.1) is 6.58 Å². The summed E-state index contributed by atoms with van der Waals surface area (Å²) in [5.74, 6) is -1.92. The second kappa shape index (κ2) is 11.0. The Hall–Kier alpha value is -2.70. The van der Waals surface area contributed by atoms with Crippen LogP contribution in [0.3, 0.4) is 0 Å². The van der Waals surface area contributed by atoms with Crippen LogP contribution >= 0.6 is 0 Å². The number of carbonyl (C=O) groups is 3. The smallest absolute Gasteiger partial charge is 0.328 e. The molecule has 1 rings (SSSR count). The van der Waals surface area contributed by atoms with Crippen molar-refractivity contribution in [2.45, 2.75) is 44.7 Å². The fraction of sp³-hybridized carbons (Fsp3) is 0.421. The Balaban J connectivity index is 2.86. The number of nitrogens with one attached hydrogen (secondary N) is 2. The average Bonchev–Trinajstić information content (AvgIpc) is 2.59. The Morgan fingerprint density at radius 1 is 1.27 bits per heavy atom. The van der Waals surface area contributed by atoms with E-state index in [1.807, 2.05) is 0 Å². The summed E-state index contributed by atoms with van der Waals surface area (Å²) in [6.45, 7) is 4.90. The molecular formula is C19H25FN2O4. The number of allylic oxidation sites excluding steroid dienone is 1. The summed E-state index contributed by atoms with van der Waals surface area (Å²) < 4.78 is 18.1. The molecule has 0 heterocycles. The van der Waals surface area contributed by atoms with Gasteiger partial charge in [-0.1, -0.05) is 18.2 Å². The lowest BCUT2D eigenvalue weighted by Gasteiger charge is -2.22. The molecular weight excluding hydrogens is 339 g/mol. The van der Waals surface area contributed by atoms with E-state index < -0.39 is 35.7 Å². The second-order valence-electron chi connectivity index (χ2n) is 5.89. The number of methoxy groups -OCH3 is 1. The fourth-order valence-corrected chi connectivity index (χ4v) is 2.48. The lowest BCUT2D eigenvalue weighted by Crippen LogP contribution is -2.52. The predicted molar refractivity (Wildman–Crippen MR) is 95.7 cm³/mol. The number of benzene rings is 1. The third-order valence-electron chi connectivity index (χ3n) is 3.73. The van der Waals surface area contributed by atoms with Gasteiger partial charge in [-0.2, -0.15) is 0 Å². The van der Waals surface area contributed by atoms with Crippen molar-refractivity contribution >= 4 is 17.8 Å². The highest BCUT2D eigenvalue weighted by Gasteiger charge is 2.26. The molecule has 2 amide bonds. The molecule has 0 unspecified atom stereocenters. The van der Waals surface area contributed by atoms with Crippen LogP contribution in [0.2, 0.25) is 0 Å². The molecule has 0 spiro atoms. The molecule has 0 radical (unpaired) electrons. The Kier molecular flexibility index (Phi) is 9.05. The first-order valence-electron chi connectivity index (χ1n) is 8.38. The summed E-state index contributed by atoms with van der Waals surface area (Å²) >= 11 is 0. The standard InChI is InChI=1S/C19H25FN2O4/c1-4-5-6-10-16(19(25)26-3)22-18(24)17(21-13(2)23)12-14-8-7-9-15(20)11-14/h4,7-9,11,16-17H,1,5-6,10,12H2,2-3H3,(H,21,23)(H,22,24)/t16-,17-/m1/s1. The minimum atomic E-state index is -0.930. The van der Waals surface area contributed by atoms with Crippen molar-refractivity contribution in [1.82, 2.24) is 10.6 Å². The third kappa shape index (κ3) is 7.46. The first kappa shape index (κ1) is 21.3. The maximum atomic E-state index is 13.4. The van der Waals surface area contributed by atoms with E-state index in [1.54, 1.807) is 12.1 Å². The Morgan fingerprint density at radius 3 is 2.58 bits per heavy atom. The van der Waals surface area contributed by atoms with E-state index in [0.29, 0.717) is 24.8 Å². The molecule has 0 aliphatic heterocycles. The molecule has 0 aromatic heterocycles. The number of rotatable bonds is 10. The highest BCUT2D eigenvalue weighted by atomic mass is 19.1. The number of ether oxygens (including phenoxy) is 1. The number of halogens is 1. The van der Waals surface area contributed by atoms with E-state index >= 15 is 0 Å². The van der Waals surface area contributed by atoms with Crippen molar-refractivity contribution in [3.8, 4) is 0 Å². The molecule has 1 aromatic carbocycles. The molecule has 0 bridgehead atoms. The summed E-state index contributed by atoms with van der Waals surface area (Å²) in [5.41, 5.74) is 0.556. The highest BCUT2D eigenvalue weighted by Crippen LogP contribution is 2.09. The van der Waals surface area contributed by atoms with Crippen molar-refractivity contribution < 1.29 is 23.5 Å². The van der Waals surface area contributed by atoms with Crippen molar-refractivity contribution in [3.63, 3.8) is 0 Å². The topological polar surface area (TPSA) is 84.5 Å². The normalized spacial score (nSPS) is 12.6. The van der Waals surface area contributed by atoms with Gasteiger partial charge in [0.2, 0.25) is 11.8 Å². The summed E-state index contributed by atoms with van der Waals surface area (Å²) in [4.78, 5) is 35.9. The summed E-state index contributed by atoms with van der Waals surface area (Å²) in [7, 11) is 1.24. The SMILES string of the molecule is C=CCCC[C@@H](NC(=O)[C@@H](Cc1cccc(F)c1)NC(C)=O)C(=O)OC. The summed E-state index contributed by atoms with van der Waals surface area (Å²) in [6, 6.07) is 4.03. The number of hydrogen-bond donors (Lipinski definition) is 2. The van der Waals surface area contributed by atoms with Crippen LogP contribution in [0.4, 0.5) is 4.39 Å². The van der Waals surface area contributed by atoms with Crippen LogP contribution in [-0.4, -0.2) is 37.0 Å². The van der Waals surface area contributed by atoms with E-state index in [0.717, 1.165) is 0 Å². The van der Waals surface area contributed by atoms with Crippen molar-refractivity contribution in [2.24, 2.45) is 0 Å². The minimum absolute atomic E-state index is 0.101.